The van der Waals surface area contributed by atoms with Crippen LogP contribution < -0.4 is 15.0 Å². The lowest BCUT2D eigenvalue weighted by atomic mass is 9.85. The lowest BCUT2D eigenvalue weighted by Gasteiger charge is -2.21. The number of hydrogen-bond donors (Lipinski definition) is 2. The Kier molecular flexibility index (Phi) is 5.71. The number of imidazole rings is 1. The molecule has 0 unspecified atom stereocenters. The van der Waals surface area contributed by atoms with Gasteiger partial charge in [-0.3, -0.25) is 9.59 Å². The summed E-state index contributed by atoms with van der Waals surface area (Å²) < 4.78 is 8.62. The highest BCUT2D eigenvalue weighted by Gasteiger charge is 2.43. The molecule has 2 atom stereocenters. The number of carbonyl (C=O) groups excluding carboxylic acids is 2. The molecule has 194 valence electrons. The van der Waals surface area contributed by atoms with Crippen molar-refractivity contribution in [3.05, 3.63) is 36.2 Å². The molecule has 2 amide bonds. The van der Waals surface area contributed by atoms with Gasteiger partial charge in [0.2, 0.25) is 17.7 Å². The van der Waals surface area contributed by atoms with Crippen LogP contribution in [0.25, 0.3) is 22.3 Å². The molecule has 6 rings (SSSR count). The molecule has 2 aromatic heterocycles. The van der Waals surface area contributed by atoms with Crippen LogP contribution in [0.15, 0.2) is 30.6 Å². The van der Waals surface area contributed by atoms with Crippen molar-refractivity contribution < 1.29 is 19.4 Å². The maximum atomic E-state index is 13.2. The number of aliphatic hydroxyl groups is 1. The van der Waals surface area contributed by atoms with E-state index in [0.29, 0.717) is 37.9 Å². The third-order valence-corrected chi connectivity index (χ3v) is 8.01. The number of fused-ring (bicyclic) bond motifs is 2. The average Bonchev–Trinajstić information content (AvgIpc) is 3.42. The molecule has 4 heterocycles. The minimum absolute atomic E-state index is 0.0299. The number of nitrogens with one attached hydrogen (secondary N) is 1. The first-order valence-corrected chi connectivity index (χ1v) is 13.2. The van der Waals surface area contributed by atoms with E-state index in [-0.39, 0.29) is 30.4 Å². The Labute approximate surface area is 215 Å². The molecule has 0 spiro atoms. The van der Waals surface area contributed by atoms with Gasteiger partial charge in [0.15, 0.2) is 0 Å². The van der Waals surface area contributed by atoms with Crippen LogP contribution in [-0.2, 0) is 15.0 Å². The number of aromatic nitrogens is 3. The van der Waals surface area contributed by atoms with E-state index in [9.17, 15) is 14.7 Å². The zero-order valence-electron chi connectivity index (χ0n) is 21.5. The standard InChI is InChI=1S/C28H33N5O4/c1-16(18-12-24(35)29-14-18)37-26-25-22(30-15-33(25)19-6-7-19)13-21(31-26)17-5-8-20-23(11-17)32(9-4-10-34)27(36)28(20,2)3/h5,8,11,13,15-16,18-19,34H,4,6-7,9-10,12,14H2,1-3H3,(H,29,35)/t16-,18-/m1/s1. The SMILES string of the molecule is C[C@@H](Oc1nc(-c2ccc3c(c2)N(CCCO)C(=O)C3(C)C)cc2ncn(C3CC3)c12)[C@H]1CNC(=O)C1. The number of amides is 2. The van der Waals surface area contributed by atoms with Gasteiger partial charge in [0, 0.05) is 49.3 Å². The summed E-state index contributed by atoms with van der Waals surface area (Å²) in [5, 5.41) is 12.3. The van der Waals surface area contributed by atoms with Gasteiger partial charge >= 0.3 is 0 Å². The van der Waals surface area contributed by atoms with Crippen molar-refractivity contribution in [2.45, 2.75) is 64.0 Å². The van der Waals surface area contributed by atoms with Gasteiger partial charge in [0.25, 0.3) is 0 Å². The van der Waals surface area contributed by atoms with Crippen molar-refractivity contribution in [1.82, 2.24) is 19.9 Å². The Bertz CT molecular complexity index is 1390. The number of aliphatic hydroxyl groups excluding tert-OH is 1. The third kappa shape index (κ3) is 4.05. The van der Waals surface area contributed by atoms with Crippen LogP contribution in [-0.4, -0.2) is 57.3 Å². The van der Waals surface area contributed by atoms with Crippen LogP contribution >= 0.6 is 0 Å². The summed E-state index contributed by atoms with van der Waals surface area (Å²) in [5.41, 5.74) is 4.50. The van der Waals surface area contributed by atoms with Crippen molar-refractivity contribution >= 4 is 28.5 Å². The summed E-state index contributed by atoms with van der Waals surface area (Å²) in [6, 6.07) is 8.42. The van der Waals surface area contributed by atoms with Crippen molar-refractivity contribution in [2.24, 2.45) is 5.92 Å². The minimum Gasteiger partial charge on any atom is -0.473 e. The maximum Gasteiger partial charge on any atom is 0.241 e. The molecule has 0 radical (unpaired) electrons. The molecule has 1 aliphatic carbocycles. The van der Waals surface area contributed by atoms with E-state index in [1.807, 2.05) is 51.4 Å². The lowest BCUT2D eigenvalue weighted by molar-refractivity contribution is -0.122. The first-order valence-electron chi connectivity index (χ1n) is 13.2. The molecular weight excluding hydrogens is 470 g/mol. The molecule has 1 aromatic carbocycles. The fraction of sp³-hybridized carbons (Fsp3) is 0.500. The number of hydrogen-bond acceptors (Lipinski definition) is 6. The van der Waals surface area contributed by atoms with E-state index in [0.717, 1.165) is 46.4 Å². The van der Waals surface area contributed by atoms with Gasteiger partial charge in [0.1, 0.15) is 11.6 Å². The highest BCUT2D eigenvalue weighted by atomic mass is 16.5. The second-order valence-electron chi connectivity index (χ2n) is 11.0. The molecule has 37 heavy (non-hydrogen) atoms. The van der Waals surface area contributed by atoms with Crippen molar-refractivity contribution in [2.75, 3.05) is 24.6 Å². The van der Waals surface area contributed by atoms with E-state index in [2.05, 4.69) is 9.88 Å². The summed E-state index contributed by atoms with van der Waals surface area (Å²) in [7, 11) is 0. The van der Waals surface area contributed by atoms with Gasteiger partial charge in [-0.25, -0.2) is 9.97 Å². The molecule has 9 nitrogen and oxygen atoms in total. The molecule has 1 saturated heterocycles. The van der Waals surface area contributed by atoms with E-state index in [1.165, 1.54) is 0 Å². The van der Waals surface area contributed by atoms with E-state index in [4.69, 9.17) is 14.7 Å². The molecule has 2 aliphatic heterocycles. The minimum atomic E-state index is -0.625. The highest BCUT2D eigenvalue weighted by molar-refractivity contribution is 6.08. The fourth-order valence-corrected chi connectivity index (χ4v) is 5.57. The van der Waals surface area contributed by atoms with Crippen LogP contribution in [0.3, 0.4) is 0 Å². The molecule has 2 fully saturated rings. The summed E-state index contributed by atoms with van der Waals surface area (Å²) in [5.74, 6) is 0.699. The van der Waals surface area contributed by atoms with Crippen molar-refractivity contribution in [3.8, 4) is 17.1 Å². The van der Waals surface area contributed by atoms with Crippen molar-refractivity contribution in [3.63, 3.8) is 0 Å². The summed E-state index contributed by atoms with van der Waals surface area (Å²) in [6.07, 6.45) is 4.86. The quantitative estimate of drug-likeness (QED) is 0.488. The normalized spacial score (nSPS) is 21.4. The number of pyridine rings is 1. The van der Waals surface area contributed by atoms with E-state index >= 15 is 0 Å². The largest absolute Gasteiger partial charge is 0.473 e. The summed E-state index contributed by atoms with van der Waals surface area (Å²) in [4.78, 5) is 36.4. The molecular formula is C28H33N5O4. The predicted octanol–water partition coefficient (Wildman–Crippen LogP) is 3.34. The Morgan fingerprint density at radius 3 is 2.76 bits per heavy atom. The fourth-order valence-electron chi connectivity index (χ4n) is 5.57. The average molecular weight is 504 g/mol. The molecule has 3 aliphatic rings. The maximum absolute atomic E-state index is 13.2. The van der Waals surface area contributed by atoms with Gasteiger partial charge in [-0.05, 0) is 57.7 Å². The number of carbonyl (C=O) groups is 2. The molecule has 3 aromatic rings. The van der Waals surface area contributed by atoms with Gasteiger partial charge in [-0.2, -0.15) is 0 Å². The number of nitrogens with zero attached hydrogens (tertiary/aromatic N) is 4. The van der Waals surface area contributed by atoms with Crippen molar-refractivity contribution in [1.29, 1.82) is 0 Å². The van der Waals surface area contributed by atoms with Crippen LogP contribution in [0, 0.1) is 5.92 Å². The summed E-state index contributed by atoms with van der Waals surface area (Å²) >= 11 is 0. The smallest absolute Gasteiger partial charge is 0.241 e. The van der Waals surface area contributed by atoms with Gasteiger partial charge in [-0.1, -0.05) is 12.1 Å². The Morgan fingerprint density at radius 2 is 2.05 bits per heavy atom. The zero-order valence-corrected chi connectivity index (χ0v) is 21.5. The number of rotatable bonds is 8. The number of benzene rings is 1. The van der Waals surface area contributed by atoms with Crippen LogP contribution in [0.1, 0.15) is 58.1 Å². The predicted molar refractivity (Wildman–Crippen MR) is 140 cm³/mol. The van der Waals surface area contributed by atoms with Gasteiger partial charge < -0.3 is 24.6 Å². The second-order valence-corrected chi connectivity index (χ2v) is 11.0. The molecule has 0 bridgehead atoms. The zero-order chi connectivity index (χ0) is 25.9. The van der Waals surface area contributed by atoms with Gasteiger partial charge in [-0.15, -0.1) is 0 Å². The van der Waals surface area contributed by atoms with Crippen LogP contribution in [0.5, 0.6) is 5.88 Å². The molecule has 9 heteroatoms. The van der Waals surface area contributed by atoms with Gasteiger partial charge in [0.05, 0.1) is 23.0 Å². The number of anilines is 1. The Balaban J connectivity index is 1.42. The van der Waals surface area contributed by atoms with Crippen LogP contribution in [0.4, 0.5) is 5.69 Å². The first-order chi connectivity index (χ1) is 17.8. The van der Waals surface area contributed by atoms with E-state index in [1.54, 1.807) is 4.90 Å². The first kappa shape index (κ1) is 23.9. The highest BCUT2D eigenvalue weighted by Crippen LogP contribution is 2.44. The molecule has 1 saturated carbocycles. The van der Waals surface area contributed by atoms with E-state index < -0.39 is 5.41 Å². The third-order valence-electron chi connectivity index (χ3n) is 8.01. The lowest BCUT2D eigenvalue weighted by Crippen LogP contribution is -2.37. The second kappa shape index (κ2) is 8.83. The number of ether oxygens (including phenoxy) is 1. The van der Waals surface area contributed by atoms with Crippen LogP contribution in [0.2, 0.25) is 0 Å². The Hall–Kier alpha value is -3.46. The Morgan fingerprint density at radius 1 is 1.24 bits per heavy atom. The monoisotopic (exact) mass is 503 g/mol. The summed E-state index contributed by atoms with van der Waals surface area (Å²) in [6.45, 7) is 6.97. The topological polar surface area (TPSA) is 110 Å². The molecule has 2 N–H and O–H groups in total.